The van der Waals surface area contributed by atoms with Crippen LogP contribution < -0.4 is 9.80 Å². The Labute approximate surface area is 241 Å². The van der Waals surface area contributed by atoms with Crippen molar-refractivity contribution >= 4 is 11.4 Å². The van der Waals surface area contributed by atoms with Crippen molar-refractivity contribution in [3.8, 4) is 0 Å². The average Bonchev–Trinajstić information content (AvgIpc) is 3.31. The van der Waals surface area contributed by atoms with Crippen molar-refractivity contribution < 1.29 is 9.47 Å². The second-order valence-electron chi connectivity index (χ2n) is 12.4. The smallest absolute Gasteiger partial charge is 0.0642 e. The van der Waals surface area contributed by atoms with Gasteiger partial charge in [-0.3, -0.25) is 0 Å². The number of benzene rings is 2. The predicted octanol–water partition coefficient (Wildman–Crippen LogP) is 7.72. The molecule has 0 N–H and O–H groups in total. The van der Waals surface area contributed by atoms with Crippen LogP contribution in [0.4, 0.5) is 11.4 Å². The Balaban J connectivity index is 1.41. The van der Waals surface area contributed by atoms with E-state index in [0.29, 0.717) is 12.6 Å². The van der Waals surface area contributed by atoms with Crippen molar-refractivity contribution in [1.29, 1.82) is 0 Å². The lowest BCUT2D eigenvalue weighted by Crippen LogP contribution is -2.41. The molecular weight excluding hydrogens is 492 g/mol. The largest absolute Gasteiger partial charge is 0.383 e. The monoisotopic (exact) mass is 538 g/mol. The third-order valence-corrected chi connectivity index (χ3v) is 9.09. The summed E-state index contributed by atoms with van der Waals surface area (Å²) in [4.78, 5) is 4.96. The molecule has 0 aromatic heterocycles. The fourth-order valence-corrected chi connectivity index (χ4v) is 6.87. The van der Waals surface area contributed by atoms with E-state index in [4.69, 9.17) is 9.47 Å². The quantitative estimate of drug-likeness (QED) is 0.326. The van der Waals surface area contributed by atoms with Crippen LogP contribution in [-0.2, 0) is 20.3 Å². The number of para-hydroxylation sites is 2. The van der Waals surface area contributed by atoms with Gasteiger partial charge in [0.25, 0.3) is 0 Å². The molecule has 5 rings (SSSR count). The predicted molar refractivity (Wildman–Crippen MR) is 168 cm³/mol. The maximum absolute atomic E-state index is 5.48. The van der Waals surface area contributed by atoms with Crippen LogP contribution in [0.3, 0.4) is 0 Å². The van der Waals surface area contributed by atoms with Crippen LogP contribution >= 0.6 is 0 Å². The Bertz CT molecular complexity index is 1330. The van der Waals surface area contributed by atoms with Gasteiger partial charge in [-0.05, 0) is 59.7 Å². The fourth-order valence-electron chi connectivity index (χ4n) is 6.87. The lowest BCUT2D eigenvalue weighted by molar-refractivity contribution is 0.203. The number of rotatable bonds is 9. The van der Waals surface area contributed by atoms with Crippen molar-refractivity contribution in [2.45, 2.75) is 63.8 Å². The molecule has 3 aliphatic rings. The summed E-state index contributed by atoms with van der Waals surface area (Å²) in [6.45, 7) is 12.6. The third kappa shape index (κ3) is 5.32. The third-order valence-electron chi connectivity index (χ3n) is 9.09. The van der Waals surface area contributed by atoms with Gasteiger partial charge < -0.3 is 19.3 Å². The Hall–Kier alpha value is -3.08. The van der Waals surface area contributed by atoms with Gasteiger partial charge in [-0.25, -0.2) is 0 Å². The summed E-state index contributed by atoms with van der Waals surface area (Å²) in [5, 5.41) is 0. The molecular formula is C36H46N2O2. The molecule has 2 aromatic rings. The SMILES string of the molecule is COCCN1C(=CC=C2C=C(C=CC3N(CCOC)c4ccccc4C3(C)C)CCC2)C(C)(C)c2ccccc21. The second-order valence-corrected chi connectivity index (χ2v) is 12.4. The first-order chi connectivity index (χ1) is 19.3. The average molecular weight is 539 g/mol. The molecule has 2 aliphatic heterocycles. The van der Waals surface area contributed by atoms with Crippen molar-refractivity contribution in [1.82, 2.24) is 0 Å². The van der Waals surface area contributed by atoms with E-state index in [1.165, 1.54) is 45.8 Å². The first-order valence-electron chi connectivity index (χ1n) is 14.8. The van der Waals surface area contributed by atoms with Gasteiger partial charge in [-0.15, -0.1) is 0 Å². The zero-order valence-corrected chi connectivity index (χ0v) is 25.2. The van der Waals surface area contributed by atoms with Gasteiger partial charge in [0.15, 0.2) is 0 Å². The van der Waals surface area contributed by atoms with Crippen molar-refractivity contribution in [3.63, 3.8) is 0 Å². The summed E-state index contributed by atoms with van der Waals surface area (Å²) in [5.41, 5.74) is 9.60. The van der Waals surface area contributed by atoms with Gasteiger partial charge in [0.05, 0.1) is 19.3 Å². The highest BCUT2D eigenvalue weighted by Gasteiger charge is 2.43. The molecule has 1 unspecified atom stereocenters. The van der Waals surface area contributed by atoms with Crippen LogP contribution in [0.2, 0.25) is 0 Å². The fraction of sp³-hybridized carbons (Fsp3) is 0.444. The van der Waals surface area contributed by atoms with E-state index < -0.39 is 0 Å². The molecule has 1 atom stereocenters. The number of anilines is 2. The molecule has 4 heteroatoms. The molecule has 2 heterocycles. The van der Waals surface area contributed by atoms with Gasteiger partial charge in [0.2, 0.25) is 0 Å². The van der Waals surface area contributed by atoms with Gasteiger partial charge in [-0.1, -0.05) is 88.4 Å². The highest BCUT2D eigenvalue weighted by atomic mass is 16.5. The van der Waals surface area contributed by atoms with Crippen molar-refractivity contribution in [3.05, 3.63) is 107 Å². The molecule has 4 nitrogen and oxygen atoms in total. The first kappa shape index (κ1) is 28.4. The topological polar surface area (TPSA) is 24.9 Å². The Morgan fingerprint density at radius 3 is 2.25 bits per heavy atom. The minimum absolute atomic E-state index is 0.0356. The van der Waals surface area contributed by atoms with Gasteiger partial charge >= 0.3 is 0 Å². The number of methoxy groups -OCH3 is 2. The summed E-state index contributed by atoms with van der Waals surface area (Å²) in [6.07, 6.45) is 15.4. The molecule has 40 heavy (non-hydrogen) atoms. The molecule has 0 saturated carbocycles. The molecule has 0 bridgehead atoms. The minimum atomic E-state index is -0.0444. The highest BCUT2D eigenvalue weighted by molar-refractivity contribution is 5.71. The zero-order valence-electron chi connectivity index (χ0n) is 25.2. The molecule has 0 spiro atoms. The van der Waals surface area contributed by atoms with Crippen molar-refractivity contribution in [2.24, 2.45) is 0 Å². The molecule has 0 fully saturated rings. The zero-order chi connectivity index (χ0) is 28.3. The standard InChI is InChI=1S/C36H46N2O2/c1-35(2)29-14-7-9-16-31(29)37(22-24-39-5)33(35)20-18-27-12-11-13-28(26-27)19-21-34-36(3,4)30-15-8-10-17-32(30)38(34)23-25-40-6/h7-10,14-21,26,33H,11-13,22-25H2,1-6H3. The van der Waals surface area contributed by atoms with Gasteiger partial charge in [0.1, 0.15) is 0 Å². The summed E-state index contributed by atoms with van der Waals surface area (Å²) >= 11 is 0. The van der Waals surface area contributed by atoms with E-state index in [2.05, 4.69) is 116 Å². The number of hydrogen-bond acceptors (Lipinski definition) is 4. The number of nitrogens with zero attached hydrogens (tertiary/aromatic N) is 2. The van der Waals surface area contributed by atoms with Crippen LogP contribution in [0.1, 0.15) is 58.1 Å². The lowest BCUT2D eigenvalue weighted by Gasteiger charge is -2.32. The second kappa shape index (κ2) is 11.8. The van der Waals surface area contributed by atoms with E-state index in [1.54, 1.807) is 14.2 Å². The van der Waals surface area contributed by atoms with Crippen LogP contribution in [0.15, 0.2) is 95.8 Å². The molecule has 0 radical (unpaired) electrons. The van der Waals surface area contributed by atoms with Crippen LogP contribution in [0.5, 0.6) is 0 Å². The summed E-state index contributed by atoms with van der Waals surface area (Å²) < 4.78 is 10.9. The Morgan fingerprint density at radius 1 is 0.825 bits per heavy atom. The number of allylic oxidation sites excluding steroid dienone is 7. The Kier molecular flexibility index (Phi) is 8.39. The Morgan fingerprint density at radius 2 is 1.50 bits per heavy atom. The molecule has 1 aliphatic carbocycles. The van der Waals surface area contributed by atoms with E-state index in [0.717, 1.165) is 32.5 Å². The van der Waals surface area contributed by atoms with Gasteiger partial charge in [0, 0.05) is 55.2 Å². The normalized spacial score (nSPS) is 23.2. The van der Waals surface area contributed by atoms with E-state index in [-0.39, 0.29) is 10.8 Å². The number of fused-ring (bicyclic) bond motifs is 2. The first-order valence-corrected chi connectivity index (χ1v) is 14.8. The minimum Gasteiger partial charge on any atom is -0.383 e. The van der Waals surface area contributed by atoms with E-state index in [9.17, 15) is 0 Å². The van der Waals surface area contributed by atoms with E-state index in [1.807, 2.05) is 0 Å². The maximum atomic E-state index is 5.48. The summed E-state index contributed by atoms with van der Waals surface area (Å²) in [6, 6.07) is 18.0. The molecule has 0 amide bonds. The lowest BCUT2D eigenvalue weighted by atomic mass is 9.80. The number of hydrogen-bond donors (Lipinski definition) is 0. The van der Waals surface area contributed by atoms with Crippen LogP contribution in [-0.4, -0.2) is 46.6 Å². The van der Waals surface area contributed by atoms with Crippen LogP contribution in [0, 0.1) is 0 Å². The van der Waals surface area contributed by atoms with Crippen molar-refractivity contribution in [2.75, 3.05) is 50.3 Å². The van der Waals surface area contributed by atoms with E-state index >= 15 is 0 Å². The maximum Gasteiger partial charge on any atom is 0.0642 e. The summed E-state index contributed by atoms with van der Waals surface area (Å²) in [7, 11) is 3.57. The molecule has 212 valence electrons. The van der Waals surface area contributed by atoms with Gasteiger partial charge in [-0.2, -0.15) is 0 Å². The highest BCUT2D eigenvalue weighted by Crippen LogP contribution is 2.48. The van der Waals surface area contributed by atoms with Crippen LogP contribution in [0.25, 0.3) is 0 Å². The summed E-state index contributed by atoms with van der Waals surface area (Å²) in [5.74, 6) is 0. The number of ether oxygens (including phenoxy) is 2. The molecule has 0 saturated heterocycles. The molecule has 2 aromatic carbocycles.